The minimum absolute atomic E-state index is 0.172. The summed E-state index contributed by atoms with van der Waals surface area (Å²) >= 11 is 0. The maximum atomic E-state index is 13.0. The Morgan fingerprint density at radius 3 is 2.68 bits per heavy atom. The summed E-state index contributed by atoms with van der Waals surface area (Å²) in [7, 11) is 1.51. The van der Waals surface area contributed by atoms with Crippen molar-refractivity contribution in [2.45, 2.75) is 27.3 Å². The number of anilines is 1. The molecule has 28 heavy (non-hydrogen) atoms. The number of fused-ring (bicyclic) bond motifs is 1. The fourth-order valence-electron chi connectivity index (χ4n) is 3.00. The number of hydrogen-bond donors (Lipinski definition) is 1. The van der Waals surface area contributed by atoms with Crippen LogP contribution in [0.4, 0.5) is 5.69 Å². The van der Waals surface area contributed by atoms with Gasteiger partial charge < -0.3 is 10.1 Å². The summed E-state index contributed by atoms with van der Waals surface area (Å²) in [6.45, 7) is 5.53. The van der Waals surface area contributed by atoms with Crippen molar-refractivity contribution in [1.29, 1.82) is 0 Å². The molecule has 0 spiro atoms. The number of aryl methyl sites for hydroxylation is 3. The number of rotatable bonds is 5. The number of pyridine rings is 1. The molecule has 0 aliphatic rings. The largest absolute Gasteiger partial charge is 0.493 e. The third kappa shape index (κ3) is 3.53. The summed E-state index contributed by atoms with van der Waals surface area (Å²) in [6.07, 6.45) is 1.48. The van der Waals surface area contributed by atoms with E-state index in [0.717, 1.165) is 15.7 Å². The quantitative estimate of drug-likeness (QED) is 0.725. The fraction of sp³-hybridized carbons (Fsp3) is 0.300. The Labute approximate surface area is 161 Å². The molecule has 0 radical (unpaired) electrons. The normalized spacial score (nSPS) is 10.9. The Kier molecular flexibility index (Phi) is 5.30. The molecule has 0 fully saturated rings. The molecule has 1 N–H and O–H groups in total. The van der Waals surface area contributed by atoms with Crippen molar-refractivity contribution >= 4 is 22.6 Å². The van der Waals surface area contributed by atoms with E-state index in [1.807, 2.05) is 32.0 Å². The molecule has 0 atom stereocenters. The predicted molar refractivity (Wildman–Crippen MR) is 107 cm³/mol. The van der Waals surface area contributed by atoms with Crippen LogP contribution in [-0.2, 0) is 18.4 Å². The molecule has 8 nitrogen and oxygen atoms in total. The highest BCUT2D eigenvalue weighted by Crippen LogP contribution is 2.19. The number of ether oxygens (including phenoxy) is 1. The molecule has 0 bridgehead atoms. The molecule has 2 heterocycles. The number of carbonyl (C=O) groups excluding carboxylic acids is 1. The first-order chi connectivity index (χ1) is 13.3. The van der Waals surface area contributed by atoms with Crippen LogP contribution in [0, 0.1) is 13.8 Å². The first-order valence-electron chi connectivity index (χ1n) is 8.92. The smallest absolute Gasteiger partial charge is 0.332 e. The van der Waals surface area contributed by atoms with Crippen molar-refractivity contribution < 1.29 is 9.53 Å². The third-order valence-electron chi connectivity index (χ3n) is 4.46. The lowest BCUT2D eigenvalue weighted by atomic mass is 10.1. The molecule has 0 unspecified atom stereocenters. The average Bonchev–Trinajstić information content (AvgIpc) is 2.66. The van der Waals surface area contributed by atoms with E-state index in [0.29, 0.717) is 18.0 Å². The summed E-state index contributed by atoms with van der Waals surface area (Å²) < 4.78 is 7.65. The van der Waals surface area contributed by atoms with E-state index in [-0.39, 0.29) is 11.0 Å². The van der Waals surface area contributed by atoms with Crippen molar-refractivity contribution in [3.63, 3.8) is 0 Å². The Morgan fingerprint density at radius 2 is 1.96 bits per heavy atom. The van der Waals surface area contributed by atoms with Crippen molar-refractivity contribution in [3.05, 3.63) is 62.4 Å². The highest BCUT2D eigenvalue weighted by molar-refractivity contribution is 5.91. The summed E-state index contributed by atoms with van der Waals surface area (Å²) in [5.74, 6) is -0.133. The van der Waals surface area contributed by atoms with Gasteiger partial charge in [-0.05, 0) is 44.0 Å². The number of nitrogens with one attached hydrogen (secondary N) is 1. The van der Waals surface area contributed by atoms with Gasteiger partial charge in [-0.2, -0.15) is 0 Å². The standard InChI is InChI=1S/C20H22N4O4/c1-5-28-15-8-9-21-18-17(15)19(26)24(20(27)23(18)4)11-16(25)22-14-10-12(2)6-7-13(14)3/h6-10H,5,11H2,1-4H3,(H,22,25). The van der Waals surface area contributed by atoms with Crippen molar-refractivity contribution in [3.8, 4) is 5.75 Å². The number of benzene rings is 1. The summed E-state index contributed by atoms with van der Waals surface area (Å²) in [6, 6.07) is 7.24. The van der Waals surface area contributed by atoms with Gasteiger partial charge in [-0.15, -0.1) is 0 Å². The zero-order valence-electron chi connectivity index (χ0n) is 16.3. The van der Waals surface area contributed by atoms with Crippen LogP contribution in [0.2, 0.25) is 0 Å². The molecule has 146 valence electrons. The van der Waals surface area contributed by atoms with Gasteiger partial charge in [0.05, 0.1) is 6.61 Å². The van der Waals surface area contributed by atoms with Crippen molar-refractivity contribution in [2.75, 3.05) is 11.9 Å². The summed E-state index contributed by atoms with van der Waals surface area (Å²) in [4.78, 5) is 42.3. The first-order valence-corrected chi connectivity index (χ1v) is 8.92. The van der Waals surface area contributed by atoms with E-state index in [9.17, 15) is 14.4 Å². The first kappa shape index (κ1) is 19.3. The van der Waals surface area contributed by atoms with Crippen LogP contribution in [0.5, 0.6) is 5.75 Å². The maximum Gasteiger partial charge on any atom is 0.332 e. The molecule has 8 heteroatoms. The third-order valence-corrected chi connectivity index (χ3v) is 4.46. The van der Waals surface area contributed by atoms with Crippen LogP contribution in [-0.4, -0.2) is 26.6 Å². The van der Waals surface area contributed by atoms with E-state index in [4.69, 9.17) is 4.74 Å². The lowest BCUT2D eigenvalue weighted by Gasteiger charge is -2.13. The molecule has 2 aromatic heterocycles. The van der Waals surface area contributed by atoms with E-state index >= 15 is 0 Å². The van der Waals surface area contributed by atoms with Crippen molar-refractivity contribution in [2.24, 2.45) is 7.05 Å². The molecule has 0 saturated heterocycles. The van der Waals surface area contributed by atoms with Gasteiger partial charge in [0.2, 0.25) is 5.91 Å². The Bertz CT molecular complexity index is 1180. The van der Waals surface area contributed by atoms with Crippen LogP contribution in [0.1, 0.15) is 18.1 Å². The second-order valence-corrected chi connectivity index (χ2v) is 6.54. The Morgan fingerprint density at radius 1 is 1.21 bits per heavy atom. The average molecular weight is 382 g/mol. The lowest BCUT2D eigenvalue weighted by molar-refractivity contribution is -0.116. The highest BCUT2D eigenvalue weighted by atomic mass is 16.5. The number of aromatic nitrogens is 3. The molecular formula is C20H22N4O4. The minimum atomic E-state index is -0.616. The van der Waals surface area contributed by atoms with Crippen LogP contribution < -0.4 is 21.3 Å². The zero-order chi connectivity index (χ0) is 20.4. The Hall–Kier alpha value is -3.42. The second kappa shape index (κ2) is 7.67. The van der Waals surface area contributed by atoms with Gasteiger partial charge in [-0.1, -0.05) is 12.1 Å². The monoisotopic (exact) mass is 382 g/mol. The minimum Gasteiger partial charge on any atom is -0.493 e. The van der Waals surface area contributed by atoms with Crippen LogP contribution in [0.15, 0.2) is 40.1 Å². The van der Waals surface area contributed by atoms with E-state index in [1.54, 1.807) is 13.0 Å². The number of nitrogens with zero attached hydrogens (tertiary/aromatic N) is 3. The molecule has 0 aliphatic carbocycles. The SMILES string of the molecule is CCOc1ccnc2c1c(=O)n(CC(=O)Nc1cc(C)ccc1C)c(=O)n2C. The van der Waals surface area contributed by atoms with E-state index in [2.05, 4.69) is 10.3 Å². The Balaban J connectivity index is 2.04. The summed E-state index contributed by atoms with van der Waals surface area (Å²) in [5.41, 5.74) is 1.52. The number of carbonyl (C=O) groups is 1. The van der Waals surface area contributed by atoms with Crippen molar-refractivity contribution in [1.82, 2.24) is 14.1 Å². The van der Waals surface area contributed by atoms with Gasteiger partial charge in [0.25, 0.3) is 5.56 Å². The van der Waals surface area contributed by atoms with Gasteiger partial charge in [-0.25, -0.2) is 14.3 Å². The molecule has 1 amide bonds. The molecule has 0 saturated carbocycles. The second-order valence-electron chi connectivity index (χ2n) is 6.54. The van der Waals surface area contributed by atoms with Gasteiger partial charge in [0.15, 0.2) is 5.65 Å². The highest BCUT2D eigenvalue weighted by Gasteiger charge is 2.18. The molecular weight excluding hydrogens is 360 g/mol. The van der Waals surface area contributed by atoms with Crippen LogP contribution in [0.25, 0.3) is 11.0 Å². The topological polar surface area (TPSA) is 95.2 Å². The van der Waals surface area contributed by atoms with E-state index < -0.39 is 23.7 Å². The predicted octanol–water partition coefficient (Wildman–Crippen LogP) is 1.75. The molecule has 0 aliphatic heterocycles. The summed E-state index contributed by atoms with van der Waals surface area (Å²) in [5, 5.41) is 2.94. The van der Waals surface area contributed by atoms with E-state index in [1.165, 1.54) is 17.8 Å². The van der Waals surface area contributed by atoms with Gasteiger partial charge >= 0.3 is 5.69 Å². The lowest BCUT2D eigenvalue weighted by Crippen LogP contribution is -2.42. The van der Waals surface area contributed by atoms with Gasteiger partial charge in [-0.3, -0.25) is 14.2 Å². The van der Waals surface area contributed by atoms with Gasteiger partial charge in [0, 0.05) is 18.9 Å². The number of hydrogen-bond acceptors (Lipinski definition) is 5. The van der Waals surface area contributed by atoms with Gasteiger partial charge in [0.1, 0.15) is 17.7 Å². The molecule has 3 rings (SSSR count). The van der Waals surface area contributed by atoms with Crippen LogP contribution >= 0.6 is 0 Å². The maximum absolute atomic E-state index is 13.0. The fourth-order valence-corrected chi connectivity index (χ4v) is 3.00. The molecule has 3 aromatic rings. The number of amides is 1. The zero-order valence-corrected chi connectivity index (χ0v) is 16.3. The van der Waals surface area contributed by atoms with Crippen LogP contribution in [0.3, 0.4) is 0 Å². The molecule has 1 aromatic carbocycles.